The van der Waals surface area contributed by atoms with Gasteiger partial charge in [0.1, 0.15) is 11.1 Å². The molecule has 1 amide bonds. The molecule has 0 aliphatic heterocycles. The number of hydrogen-bond acceptors (Lipinski definition) is 7. The third kappa shape index (κ3) is 5.45. The molecule has 0 radical (unpaired) electrons. The van der Waals surface area contributed by atoms with Crippen LogP contribution >= 0.6 is 0 Å². The minimum atomic E-state index is -3.62. The second kappa shape index (κ2) is 6.41. The molecule has 0 saturated heterocycles. The Balaban J connectivity index is 2.75. The van der Waals surface area contributed by atoms with E-state index in [1.54, 1.807) is 27.7 Å². The molecule has 1 saturated carbocycles. The Morgan fingerprint density at radius 3 is 2.36 bits per heavy atom. The summed E-state index contributed by atoms with van der Waals surface area (Å²) in [7, 11) is -3.62. The van der Waals surface area contributed by atoms with Crippen LogP contribution in [-0.2, 0) is 28.6 Å². The molecule has 0 aromatic carbocycles. The highest BCUT2D eigenvalue weighted by Gasteiger charge is 2.63. The van der Waals surface area contributed by atoms with Gasteiger partial charge in [0.05, 0.1) is 19.5 Å². The lowest BCUT2D eigenvalue weighted by atomic mass is 10.2. The third-order valence-corrected chi connectivity index (χ3v) is 3.52. The molecule has 0 aromatic heterocycles. The first-order valence-corrected chi connectivity index (χ1v) is 8.74. The first-order chi connectivity index (χ1) is 9.89. The predicted molar refractivity (Wildman–Crippen MR) is 77.6 cm³/mol. The smallest absolute Gasteiger partial charge is 0.408 e. The Morgan fingerprint density at radius 1 is 1.32 bits per heavy atom. The molecule has 0 bridgehead atoms. The van der Waals surface area contributed by atoms with Gasteiger partial charge in [0.2, 0.25) is 0 Å². The largest absolute Gasteiger partial charge is 0.464 e. The molecule has 1 aliphatic carbocycles. The second-order valence-electron chi connectivity index (χ2n) is 6.21. The van der Waals surface area contributed by atoms with Crippen LogP contribution in [0.4, 0.5) is 4.79 Å². The van der Waals surface area contributed by atoms with Crippen LogP contribution in [0.5, 0.6) is 0 Å². The van der Waals surface area contributed by atoms with Crippen molar-refractivity contribution >= 4 is 22.2 Å². The van der Waals surface area contributed by atoms with E-state index in [0.717, 1.165) is 6.26 Å². The van der Waals surface area contributed by atoms with Crippen molar-refractivity contribution in [2.75, 3.05) is 19.5 Å². The highest BCUT2D eigenvalue weighted by molar-refractivity contribution is 7.85. The third-order valence-electron chi connectivity index (χ3n) is 2.95. The normalized spacial score (nSPS) is 24.5. The van der Waals surface area contributed by atoms with Gasteiger partial charge in [-0.25, -0.2) is 9.59 Å². The zero-order valence-corrected chi connectivity index (χ0v) is 14.3. The SMILES string of the molecule is CCOC(=O)[C@]1(NC(=O)OC(C)(C)C)C[C@@H]1COS(C)(=O)=O. The summed E-state index contributed by atoms with van der Waals surface area (Å²) in [6.07, 6.45) is 0.394. The summed E-state index contributed by atoms with van der Waals surface area (Å²) < 4.78 is 36.8. The van der Waals surface area contributed by atoms with Crippen LogP contribution in [0.2, 0.25) is 0 Å². The topological polar surface area (TPSA) is 108 Å². The van der Waals surface area contributed by atoms with Gasteiger partial charge in [-0.1, -0.05) is 0 Å². The van der Waals surface area contributed by atoms with Crippen molar-refractivity contribution in [3.63, 3.8) is 0 Å². The average molecular weight is 337 g/mol. The number of esters is 1. The fourth-order valence-electron chi connectivity index (χ4n) is 1.94. The van der Waals surface area contributed by atoms with Crippen LogP contribution in [0.1, 0.15) is 34.1 Å². The molecule has 2 atom stereocenters. The second-order valence-corrected chi connectivity index (χ2v) is 7.85. The lowest BCUT2D eigenvalue weighted by molar-refractivity contribution is -0.147. The fraction of sp³-hybridized carbons (Fsp3) is 0.846. The monoisotopic (exact) mass is 337 g/mol. The molecule has 1 N–H and O–H groups in total. The number of ether oxygens (including phenoxy) is 2. The molecule has 0 heterocycles. The lowest BCUT2D eigenvalue weighted by Gasteiger charge is -2.23. The first-order valence-electron chi connectivity index (χ1n) is 6.92. The van der Waals surface area contributed by atoms with Gasteiger partial charge in [-0.2, -0.15) is 8.42 Å². The van der Waals surface area contributed by atoms with Crippen molar-refractivity contribution in [3.05, 3.63) is 0 Å². The highest BCUT2D eigenvalue weighted by atomic mass is 32.2. The molecule has 1 fully saturated rings. The van der Waals surface area contributed by atoms with Crippen LogP contribution in [0.3, 0.4) is 0 Å². The number of carbonyl (C=O) groups excluding carboxylic acids is 2. The van der Waals surface area contributed by atoms with Gasteiger partial charge in [-0.05, 0) is 34.1 Å². The molecule has 8 nitrogen and oxygen atoms in total. The minimum absolute atomic E-state index is 0.149. The number of rotatable bonds is 6. The van der Waals surface area contributed by atoms with Gasteiger partial charge in [-0.3, -0.25) is 4.18 Å². The molecule has 0 spiro atoms. The predicted octanol–water partition coefficient (Wildman–Crippen LogP) is 0.809. The molecule has 9 heteroatoms. The van der Waals surface area contributed by atoms with E-state index in [1.165, 1.54) is 0 Å². The Kier molecular flexibility index (Phi) is 5.45. The van der Waals surface area contributed by atoms with Crippen LogP contribution in [0, 0.1) is 5.92 Å². The number of nitrogens with one attached hydrogen (secondary N) is 1. The number of amides is 1. The van der Waals surface area contributed by atoms with E-state index in [0.29, 0.717) is 0 Å². The quantitative estimate of drug-likeness (QED) is 0.564. The maximum atomic E-state index is 12.1. The average Bonchev–Trinajstić information content (AvgIpc) is 2.98. The summed E-state index contributed by atoms with van der Waals surface area (Å²) in [5.74, 6) is -1.10. The summed E-state index contributed by atoms with van der Waals surface area (Å²) in [5.41, 5.74) is -2.00. The Morgan fingerprint density at radius 2 is 1.91 bits per heavy atom. The zero-order chi connectivity index (χ0) is 17.2. The molecule has 0 unspecified atom stereocenters. The molecular weight excluding hydrogens is 314 g/mol. The van der Waals surface area contributed by atoms with Crippen molar-refractivity contribution in [2.45, 2.75) is 45.3 Å². The standard InChI is InChI=1S/C13H23NO7S/c1-6-19-10(15)13(14-11(16)21-12(2,3)4)7-9(13)8-20-22(5,17)18/h9H,6-8H2,1-5H3,(H,14,16)/t9-,13+/m1/s1. The number of carbonyl (C=O) groups is 2. The van der Waals surface area contributed by atoms with Gasteiger partial charge in [0.25, 0.3) is 10.1 Å². The number of hydrogen-bond donors (Lipinski definition) is 1. The number of alkyl carbamates (subject to hydrolysis) is 1. The Labute approximate surface area is 130 Å². The minimum Gasteiger partial charge on any atom is -0.464 e. The Hall–Kier alpha value is -1.35. The summed E-state index contributed by atoms with van der Waals surface area (Å²) >= 11 is 0. The first kappa shape index (κ1) is 18.7. The summed E-state index contributed by atoms with van der Waals surface area (Å²) in [5, 5.41) is 2.48. The van der Waals surface area contributed by atoms with E-state index in [1.807, 2.05) is 0 Å². The molecular formula is C13H23NO7S. The van der Waals surface area contributed by atoms with Crippen molar-refractivity contribution in [3.8, 4) is 0 Å². The maximum absolute atomic E-state index is 12.1. The van der Waals surface area contributed by atoms with E-state index in [4.69, 9.17) is 13.7 Å². The van der Waals surface area contributed by atoms with Crippen LogP contribution < -0.4 is 5.32 Å². The lowest BCUT2D eigenvalue weighted by Crippen LogP contribution is -2.48. The Bertz CT molecular complexity index is 537. The molecule has 128 valence electrons. The van der Waals surface area contributed by atoms with E-state index in [2.05, 4.69) is 5.32 Å². The van der Waals surface area contributed by atoms with Gasteiger partial charge in [-0.15, -0.1) is 0 Å². The summed E-state index contributed by atoms with van der Waals surface area (Å²) in [6.45, 7) is 6.68. The fourth-order valence-corrected chi connectivity index (χ4v) is 2.35. The van der Waals surface area contributed by atoms with Crippen LogP contribution in [-0.4, -0.2) is 51.1 Å². The van der Waals surface area contributed by atoms with Crippen molar-refractivity contribution in [1.82, 2.24) is 5.32 Å². The van der Waals surface area contributed by atoms with Gasteiger partial charge in [0, 0.05) is 5.92 Å². The van der Waals surface area contributed by atoms with Crippen molar-refractivity contribution in [1.29, 1.82) is 0 Å². The van der Waals surface area contributed by atoms with E-state index >= 15 is 0 Å². The maximum Gasteiger partial charge on any atom is 0.408 e. The highest BCUT2D eigenvalue weighted by Crippen LogP contribution is 2.45. The van der Waals surface area contributed by atoms with Crippen LogP contribution in [0.25, 0.3) is 0 Å². The zero-order valence-electron chi connectivity index (χ0n) is 13.5. The van der Waals surface area contributed by atoms with Gasteiger partial charge in [0.15, 0.2) is 0 Å². The molecule has 1 rings (SSSR count). The molecule has 22 heavy (non-hydrogen) atoms. The van der Waals surface area contributed by atoms with E-state index in [-0.39, 0.29) is 19.6 Å². The summed E-state index contributed by atoms with van der Waals surface area (Å²) in [4.78, 5) is 23.9. The van der Waals surface area contributed by atoms with Gasteiger partial charge < -0.3 is 14.8 Å². The van der Waals surface area contributed by atoms with Crippen molar-refractivity contribution in [2.24, 2.45) is 5.92 Å². The van der Waals surface area contributed by atoms with Crippen molar-refractivity contribution < 1.29 is 31.7 Å². The summed E-state index contributed by atoms with van der Waals surface area (Å²) in [6, 6.07) is 0. The molecule has 1 aliphatic rings. The van der Waals surface area contributed by atoms with E-state index in [9.17, 15) is 18.0 Å². The van der Waals surface area contributed by atoms with E-state index < -0.39 is 39.2 Å². The molecule has 0 aromatic rings. The van der Waals surface area contributed by atoms with Crippen LogP contribution in [0.15, 0.2) is 0 Å². The van der Waals surface area contributed by atoms with Gasteiger partial charge >= 0.3 is 12.1 Å².